The van der Waals surface area contributed by atoms with Crippen LogP contribution in [0.4, 0.5) is 0 Å². The molecule has 4 nitrogen and oxygen atoms in total. The molecule has 1 aromatic heterocycles. The van der Waals surface area contributed by atoms with Gasteiger partial charge in [0.1, 0.15) is 0 Å². The van der Waals surface area contributed by atoms with Gasteiger partial charge in [0, 0.05) is 37.8 Å². The highest BCUT2D eigenvalue weighted by Gasteiger charge is 2.13. The van der Waals surface area contributed by atoms with Gasteiger partial charge < -0.3 is 5.32 Å². The van der Waals surface area contributed by atoms with E-state index in [4.69, 9.17) is 0 Å². The SMILES string of the molecule is CNC(=O)C[C@@H](C)N(C)Cc1ccc(-c2ccccn2)cc1. The number of pyridine rings is 1. The predicted molar refractivity (Wildman–Crippen MR) is 89.3 cm³/mol. The summed E-state index contributed by atoms with van der Waals surface area (Å²) in [5.41, 5.74) is 3.33. The smallest absolute Gasteiger partial charge is 0.221 e. The van der Waals surface area contributed by atoms with Crippen LogP contribution in [0.3, 0.4) is 0 Å². The van der Waals surface area contributed by atoms with E-state index in [0.29, 0.717) is 6.42 Å². The van der Waals surface area contributed by atoms with Crippen LogP contribution in [-0.4, -0.2) is 35.9 Å². The lowest BCUT2D eigenvalue weighted by molar-refractivity contribution is -0.121. The van der Waals surface area contributed by atoms with Crippen molar-refractivity contribution in [2.45, 2.75) is 25.9 Å². The number of nitrogens with one attached hydrogen (secondary N) is 1. The lowest BCUT2D eigenvalue weighted by atomic mass is 10.1. The van der Waals surface area contributed by atoms with Crippen molar-refractivity contribution in [3.63, 3.8) is 0 Å². The van der Waals surface area contributed by atoms with Crippen molar-refractivity contribution in [3.05, 3.63) is 54.2 Å². The number of carbonyl (C=O) groups is 1. The summed E-state index contributed by atoms with van der Waals surface area (Å²) >= 11 is 0. The predicted octanol–water partition coefficient (Wildman–Crippen LogP) is 2.71. The third-order valence-electron chi connectivity index (χ3n) is 3.86. The van der Waals surface area contributed by atoms with Crippen LogP contribution in [0.5, 0.6) is 0 Å². The molecule has 0 unspecified atom stereocenters. The van der Waals surface area contributed by atoms with E-state index in [0.717, 1.165) is 17.8 Å². The van der Waals surface area contributed by atoms with Gasteiger partial charge in [-0.15, -0.1) is 0 Å². The molecule has 1 aromatic carbocycles. The summed E-state index contributed by atoms with van der Waals surface area (Å²) in [7, 11) is 3.71. The Hall–Kier alpha value is -2.20. The van der Waals surface area contributed by atoms with Crippen molar-refractivity contribution in [1.82, 2.24) is 15.2 Å². The Bertz CT molecular complexity index is 595. The van der Waals surface area contributed by atoms with Crippen molar-refractivity contribution in [3.8, 4) is 11.3 Å². The van der Waals surface area contributed by atoms with Gasteiger partial charge in [-0.1, -0.05) is 30.3 Å². The quantitative estimate of drug-likeness (QED) is 0.891. The maximum absolute atomic E-state index is 11.4. The Kier molecular flexibility index (Phi) is 5.67. The molecule has 0 bridgehead atoms. The lowest BCUT2D eigenvalue weighted by Crippen LogP contribution is -2.33. The number of aromatic nitrogens is 1. The molecule has 2 aromatic rings. The highest BCUT2D eigenvalue weighted by Crippen LogP contribution is 2.18. The first-order valence-corrected chi connectivity index (χ1v) is 7.51. The molecule has 1 amide bonds. The van der Waals surface area contributed by atoms with E-state index in [-0.39, 0.29) is 11.9 Å². The molecule has 0 spiro atoms. The molecule has 0 aliphatic carbocycles. The summed E-state index contributed by atoms with van der Waals surface area (Å²) in [6, 6.07) is 14.5. The molecule has 1 atom stereocenters. The summed E-state index contributed by atoms with van der Waals surface area (Å²) in [6.45, 7) is 2.89. The van der Waals surface area contributed by atoms with Crippen molar-refractivity contribution in [2.24, 2.45) is 0 Å². The Balaban J connectivity index is 1.98. The zero-order valence-corrected chi connectivity index (χ0v) is 13.4. The molecule has 0 saturated carbocycles. The molecule has 1 N–H and O–H groups in total. The average molecular weight is 297 g/mol. The van der Waals surface area contributed by atoms with Gasteiger partial charge in [-0.05, 0) is 31.7 Å². The van der Waals surface area contributed by atoms with E-state index in [1.807, 2.05) is 25.2 Å². The van der Waals surface area contributed by atoms with Gasteiger partial charge in [-0.3, -0.25) is 14.7 Å². The van der Waals surface area contributed by atoms with Gasteiger partial charge in [0.05, 0.1) is 5.69 Å². The van der Waals surface area contributed by atoms with E-state index >= 15 is 0 Å². The van der Waals surface area contributed by atoms with Crippen LogP contribution in [0.1, 0.15) is 18.9 Å². The number of nitrogens with zero attached hydrogens (tertiary/aromatic N) is 2. The number of carbonyl (C=O) groups excluding carboxylic acids is 1. The van der Waals surface area contributed by atoms with Crippen molar-refractivity contribution in [1.29, 1.82) is 0 Å². The summed E-state index contributed by atoms with van der Waals surface area (Å²) in [6.07, 6.45) is 2.32. The fourth-order valence-electron chi connectivity index (χ4n) is 2.28. The first-order valence-electron chi connectivity index (χ1n) is 7.51. The zero-order valence-electron chi connectivity index (χ0n) is 13.4. The summed E-state index contributed by atoms with van der Waals surface area (Å²) in [5.74, 6) is 0.0739. The third kappa shape index (κ3) is 4.40. The van der Waals surface area contributed by atoms with E-state index in [1.165, 1.54) is 5.56 Å². The minimum Gasteiger partial charge on any atom is -0.359 e. The number of benzene rings is 1. The van der Waals surface area contributed by atoms with E-state index in [1.54, 1.807) is 13.2 Å². The summed E-state index contributed by atoms with van der Waals surface area (Å²) in [4.78, 5) is 18.0. The zero-order chi connectivity index (χ0) is 15.9. The normalized spacial score (nSPS) is 12.2. The second-order valence-corrected chi connectivity index (χ2v) is 5.55. The number of rotatable bonds is 6. The molecule has 0 saturated heterocycles. The highest BCUT2D eigenvalue weighted by atomic mass is 16.1. The number of hydrogen-bond donors (Lipinski definition) is 1. The lowest BCUT2D eigenvalue weighted by Gasteiger charge is -2.24. The monoisotopic (exact) mass is 297 g/mol. The number of amides is 1. The summed E-state index contributed by atoms with van der Waals surface area (Å²) in [5, 5.41) is 2.67. The average Bonchev–Trinajstić information content (AvgIpc) is 2.56. The second kappa shape index (κ2) is 7.71. The van der Waals surface area contributed by atoms with E-state index < -0.39 is 0 Å². The Morgan fingerprint density at radius 3 is 2.55 bits per heavy atom. The molecule has 2 rings (SSSR count). The molecule has 0 aliphatic heterocycles. The highest BCUT2D eigenvalue weighted by molar-refractivity contribution is 5.76. The molecular weight excluding hydrogens is 274 g/mol. The van der Waals surface area contributed by atoms with Gasteiger partial charge in [0.2, 0.25) is 5.91 Å². The molecule has 4 heteroatoms. The fourth-order valence-corrected chi connectivity index (χ4v) is 2.28. The first kappa shape index (κ1) is 16.2. The van der Waals surface area contributed by atoms with Crippen molar-refractivity contribution in [2.75, 3.05) is 14.1 Å². The van der Waals surface area contributed by atoms with Gasteiger partial charge in [-0.25, -0.2) is 0 Å². The Morgan fingerprint density at radius 1 is 1.23 bits per heavy atom. The van der Waals surface area contributed by atoms with Gasteiger partial charge in [0.25, 0.3) is 0 Å². The van der Waals surface area contributed by atoms with Crippen molar-refractivity contribution >= 4 is 5.91 Å². The largest absolute Gasteiger partial charge is 0.359 e. The molecule has 22 heavy (non-hydrogen) atoms. The van der Waals surface area contributed by atoms with E-state index in [9.17, 15) is 4.79 Å². The van der Waals surface area contributed by atoms with Gasteiger partial charge in [0.15, 0.2) is 0 Å². The van der Waals surface area contributed by atoms with Crippen LogP contribution in [0.25, 0.3) is 11.3 Å². The molecule has 0 radical (unpaired) electrons. The Labute approximate surface area is 132 Å². The van der Waals surface area contributed by atoms with Gasteiger partial charge >= 0.3 is 0 Å². The van der Waals surface area contributed by atoms with Crippen LogP contribution in [-0.2, 0) is 11.3 Å². The number of hydrogen-bond acceptors (Lipinski definition) is 3. The first-order chi connectivity index (χ1) is 10.6. The summed E-state index contributed by atoms with van der Waals surface area (Å²) < 4.78 is 0. The van der Waals surface area contributed by atoms with E-state index in [2.05, 4.69) is 46.4 Å². The molecular formula is C18H23N3O. The Morgan fingerprint density at radius 2 is 1.95 bits per heavy atom. The fraction of sp³-hybridized carbons (Fsp3) is 0.333. The molecule has 116 valence electrons. The standard InChI is InChI=1S/C18H23N3O/c1-14(12-18(22)19-2)21(3)13-15-7-9-16(10-8-15)17-6-4-5-11-20-17/h4-11,14H,12-13H2,1-3H3,(H,19,22)/t14-/m1/s1. The maximum atomic E-state index is 11.4. The van der Waals surface area contributed by atoms with Crippen LogP contribution in [0.2, 0.25) is 0 Å². The topological polar surface area (TPSA) is 45.2 Å². The van der Waals surface area contributed by atoms with Crippen LogP contribution in [0, 0.1) is 0 Å². The van der Waals surface area contributed by atoms with Gasteiger partial charge in [-0.2, -0.15) is 0 Å². The van der Waals surface area contributed by atoms with Crippen LogP contribution >= 0.6 is 0 Å². The van der Waals surface area contributed by atoms with Crippen molar-refractivity contribution < 1.29 is 4.79 Å². The molecule has 0 fully saturated rings. The molecule has 0 aliphatic rings. The molecule has 1 heterocycles. The maximum Gasteiger partial charge on any atom is 0.221 e. The van der Waals surface area contributed by atoms with Crippen LogP contribution < -0.4 is 5.32 Å². The second-order valence-electron chi connectivity index (χ2n) is 5.55. The third-order valence-corrected chi connectivity index (χ3v) is 3.86. The minimum absolute atomic E-state index is 0.0739. The minimum atomic E-state index is 0.0739. The van der Waals surface area contributed by atoms with Crippen LogP contribution in [0.15, 0.2) is 48.7 Å².